The lowest BCUT2D eigenvalue weighted by Crippen LogP contribution is -2.45. The van der Waals surface area contributed by atoms with E-state index in [0.717, 1.165) is 12.0 Å². The lowest BCUT2D eigenvalue weighted by atomic mass is 9.90. The Hall–Kier alpha value is -1.66. The Labute approximate surface area is 130 Å². The minimum Gasteiger partial charge on any atom is -0.469 e. The molecule has 0 radical (unpaired) electrons. The molecule has 1 saturated carbocycles. The first-order valence-corrected chi connectivity index (χ1v) is 8.76. The molecule has 2 aliphatic rings. The molecule has 2 bridgehead atoms. The van der Waals surface area contributed by atoms with Crippen LogP contribution in [-0.4, -0.2) is 27.5 Å². The van der Waals surface area contributed by atoms with E-state index in [1.165, 1.54) is 7.11 Å². The van der Waals surface area contributed by atoms with E-state index in [1.807, 2.05) is 19.1 Å². The molecular weight excluding hydrogens is 302 g/mol. The van der Waals surface area contributed by atoms with Crippen molar-refractivity contribution in [2.24, 2.45) is 17.8 Å². The third-order valence-corrected chi connectivity index (χ3v) is 6.03. The Bertz CT molecular complexity index is 708. The third kappa shape index (κ3) is 2.57. The molecule has 0 aliphatic heterocycles. The second-order valence-electron chi connectivity index (χ2n) is 5.96. The Balaban J connectivity index is 1.86. The normalized spacial score (nSPS) is 29.7. The van der Waals surface area contributed by atoms with Gasteiger partial charge in [-0.1, -0.05) is 29.8 Å². The topological polar surface area (TPSA) is 72.5 Å². The molecule has 4 unspecified atom stereocenters. The van der Waals surface area contributed by atoms with Crippen LogP contribution in [0.15, 0.2) is 41.3 Å². The summed E-state index contributed by atoms with van der Waals surface area (Å²) in [7, 11) is -2.31. The van der Waals surface area contributed by atoms with E-state index in [9.17, 15) is 13.2 Å². The number of methoxy groups -OCH3 is 1. The quantitative estimate of drug-likeness (QED) is 0.676. The van der Waals surface area contributed by atoms with Crippen molar-refractivity contribution >= 4 is 16.0 Å². The fourth-order valence-electron chi connectivity index (χ4n) is 3.40. The predicted octanol–water partition coefficient (Wildman–Crippen LogP) is 1.64. The van der Waals surface area contributed by atoms with Crippen LogP contribution in [-0.2, 0) is 19.6 Å². The van der Waals surface area contributed by atoms with Crippen molar-refractivity contribution in [2.75, 3.05) is 7.11 Å². The van der Waals surface area contributed by atoms with Crippen molar-refractivity contribution in [1.82, 2.24) is 4.72 Å². The maximum Gasteiger partial charge on any atom is 0.310 e. The zero-order valence-corrected chi connectivity index (χ0v) is 13.3. The number of ether oxygens (including phenoxy) is 1. The molecule has 0 heterocycles. The minimum absolute atomic E-state index is 0.0503. The average Bonchev–Trinajstić information content (AvgIpc) is 3.07. The number of rotatable bonds is 4. The van der Waals surface area contributed by atoms with Crippen LogP contribution in [0.1, 0.15) is 12.0 Å². The lowest BCUT2D eigenvalue weighted by Gasteiger charge is -2.26. The predicted molar refractivity (Wildman–Crippen MR) is 81.5 cm³/mol. The third-order valence-electron chi connectivity index (χ3n) is 4.56. The standard InChI is InChI=1S/C16H19NO4S/c1-10-3-7-13(8-4-10)22(19,20)17-15-12-6-5-11(9-12)14(15)16(18)21-2/h3-8,11-12,14-15,17H,9H2,1-2H3. The highest BCUT2D eigenvalue weighted by Crippen LogP contribution is 2.44. The zero-order valence-electron chi connectivity index (χ0n) is 12.5. The van der Waals surface area contributed by atoms with Gasteiger partial charge < -0.3 is 4.74 Å². The highest BCUT2D eigenvalue weighted by Gasteiger charge is 2.50. The summed E-state index contributed by atoms with van der Waals surface area (Å²) in [6.45, 7) is 1.90. The maximum absolute atomic E-state index is 12.5. The SMILES string of the molecule is COC(=O)C1C2C=CC(C2)C1NS(=O)(=O)c1ccc(C)cc1. The van der Waals surface area contributed by atoms with Gasteiger partial charge in [0, 0.05) is 6.04 Å². The molecule has 22 heavy (non-hydrogen) atoms. The number of nitrogens with one attached hydrogen (secondary N) is 1. The molecule has 6 heteroatoms. The molecule has 1 N–H and O–H groups in total. The first-order chi connectivity index (χ1) is 10.4. The van der Waals surface area contributed by atoms with Crippen molar-refractivity contribution in [1.29, 1.82) is 0 Å². The summed E-state index contributed by atoms with van der Waals surface area (Å²) >= 11 is 0. The Kier molecular flexibility index (Phi) is 3.82. The van der Waals surface area contributed by atoms with Crippen molar-refractivity contribution < 1.29 is 17.9 Å². The number of sulfonamides is 1. The highest BCUT2D eigenvalue weighted by atomic mass is 32.2. The summed E-state index contributed by atoms with van der Waals surface area (Å²) in [5, 5.41) is 0. The van der Waals surface area contributed by atoms with Gasteiger partial charge in [-0.15, -0.1) is 0 Å². The fourth-order valence-corrected chi connectivity index (χ4v) is 4.72. The summed E-state index contributed by atoms with van der Waals surface area (Å²) in [6.07, 6.45) is 4.77. The summed E-state index contributed by atoms with van der Waals surface area (Å²) < 4.78 is 32.6. The van der Waals surface area contributed by atoms with E-state index in [0.29, 0.717) is 0 Å². The molecule has 1 fully saturated rings. The van der Waals surface area contributed by atoms with Crippen LogP contribution in [0, 0.1) is 24.7 Å². The van der Waals surface area contributed by atoms with Gasteiger partial charge in [-0.3, -0.25) is 4.79 Å². The first kappa shape index (κ1) is 15.2. The second-order valence-corrected chi connectivity index (χ2v) is 7.67. The molecule has 4 atom stereocenters. The monoisotopic (exact) mass is 321 g/mol. The molecule has 1 aromatic carbocycles. The molecule has 0 saturated heterocycles. The average molecular weight is 321 g/mol. The van der Waals surface area contributed by atoms with Crippen LogP contribution >= 0.6 is 0 Å². The molecule has 118 valence electrons. The van der Waals surface area contributed by atoms with Gasteiger partial charge >= 0.3 is 5.97 Å². The Morgan fingerprint density at radius 3 is 2.45 bits per heavy atom. The summed E-state index contributed by atoms with van der Waals surface area (Å²) in [5.41, 5.74) is 0.995. The Morgan fingerprint density at radius 1 is 1.18 bits per heavy atom. The summed E-state index contributed by atoms with van der Waals surface area (Å²) in [4.78, 5) is 12.2. The largest absolute Gasteiger partial charge is 0.469 e. The number of hydrogen-bond acceptors (Lipinski definition) is 4. The number of benzene rings is 1. The smallest absolute Gasteiger partial charge is 0.310 e. The molecule has 5 nitrogen and oxygen atoms in total. The van der Waals surface area contributed by atoms with Crippen molar-refractivity contribution in [2.45, 2.75) is 24.3 Å². The van der Waals surface area contributed by atoms with Crippen LogP contribution in [0.4, 0.5) is 0 Å². The fraction of sp³-hybridized carbons (Fsp3) is 0.438. The molecule has 0 amide bonds. The zero-order chi connectivity index (χ0) is 15.9. The number of hydrogen-bond donors (Lipinski definition) is 1. The van der Waals surface area contributed by atoms with E-state index < -0.39 is 22.0 Å². The van der Waals surface area contributed by atoms with Gasteiger partial charge in [0.2, 0.25) is 10.0 Å². The number of fused-ring (bicyclic) bond motifs is 2. The van der Waals surface area contributed by atoms with Crippen LogP contribution in [0.3, 0.4) is 0 Å². The van der Waals surface area contributed by atoms with E-state index >= 15 is 0 Å². The molecule has 0 spiro atoms. The molecule has 0 aromatic heterocycles. The number of carbonyl (C=O) groups is 1. The van der Waals surface area contributed by atoms with E-state index in [2.05, 4.69) is 4.72 Å². The first-order valence-electron chi connectivity index (χ1n) is 7.27. The van der Waals surface area contributed by atoms with Gasteiger partial charge in [0.05, 0.1) is 17.9 Å². The number of carbonyl (C=O) groups excluding carboxylic acids is 1. The van der Waals surface area contributed by atoms with Crippen LogP contribution in [0.25, 0.3) is 0 Å². The van der Waals surface area contributed by atoms with E-state index in [1.54, 1.807) is 24.3 Å². The van der Waals surface area contributed by atoms with E-state index in [-0.39, 0.29) is 22.7 Å². The lowest BCUT2D eigenvalue weighted by molar-refractivity contribution is -0.146. The van der Waals surface area contributed by atoms with E-state index in [4.69, 9.17) is 4.74 Å². The van der Waals surface area contributed by atoms with Gasteiger partial charge in [-0.2, -0.15) is 0 Å². The molecule has 2 aliphatic carbocycles. The van der Waals surface area contributed by atoms with Gasteiger partial charge in [0.1, 0.15) is 0 Å². The minimum atomic E-state index is -3.65. The van der Waals surface area contributed by atoms with Gasteiger partial charge in [0.25, 0.3) is 0 Å². The highest BCUT2D eigenvalue weighted by molar-refractivity contribution is 7.89. The molecule has 1 aromatic rings. The van der Waals surface area contributed by atoms with Crippen molar-refractivity contribution in [3.05, 3.63) is 42.0 Å². The number of esters is 1. The summed E-state index contributed by atoms with van der Waals surface area (Å²) in [6, 6.07) is 6.23. The molecular formula is C16H19NO4S. The van der Waals surface area contributed by atoms with Gasteiger partial charge in [0.15, 0.2) is 0 Å². The van der Waals surface area contributed by atoms with Crippen LogP contribution in [0.2, 0.25) is 0 Å². The van der Waals surface area contributed by atoms with Gasteiger partial charge in [-0.05, 0) is 37.3 Å². The second kappa shape index (κ2) is 5.52. The van der Waals surface area contributed by atoms with Crippen LogP contribution in [0.5, 0.6) is 0 Å². The molecule has 3 rings (SSSR count). The number of allylic oxidation sites excluding steroid dienone is 1. The Morgan fingerprint density at radius 2 is 1.82 bits per heavy atom. The number of aryl methyl sites for hydroxylation is 1. The van der Waals surface area contributed by atoms with Crippen LogP contribution < -0.4 is 4.72 Å². The van der Waals surface area contributed by atoms with Crippen molar-refractivity contribution in [3.8, 4) is 0 Å². The summed E-state index contributed by atoms with van der Waals surface area (Å²) in [5.74, 6) is -0.689. The maximum atomic E-state index is 12.5. The van der Waals surface area contributed by atoms with Gasteiger partial charge in [-0.25, -0.2) is 13.1 Å². The van der Waals surface area contributed by atoms with Crippen molar-refractivity contribution in [3.63, 3.8) is 0 Å².